The van der Waals surface area contributed by atoms with Gasteiger partial charge in [0.25, 0.3) is 5.12 Å². The number of hydrogen-bond acceptors (Lipinski definition) is 3. The number of nitrogens with zero attached hydrogens (tertiary/aromatic N) is 1. The number of furan rings is 1. The summed E-state index contributed by atoms with van der Waals surface area (Å²) in [5.74, 6) is 1.26. The third-order valence-corrected chi connectivity index (χ3v) is 2.57. The molecule has 0 N–H and O–H groups in total. The fourth-order valence-corrected chi connectivity index (χ4v) is 1.96. The Balaban J connectivity index is 2.30. The van der Waals surface area contributed by atoms with Crippen molar-refractivity contribution >= 4 is 16.9 Å². The molecule has 1 aromatic heterocycles. The molecule has 0 saturated heterocycles. The molecule has 4 heteroatoms. The van der Waals surface area contributed by atoms with Crippen LogP contribution in [0.15, 0.2) is 22.8 Å². The van der Waals surface area contributed by atoms with Crippen molar-refractivity contribution in [2.24, 2.45) is 0 Å². The average Bonchev–Trinajstić information content (AvgIpc) is 2.53. The molecule has 14 heavy (non-hydrogen) atoms. The molecule has 0 amide bonds. The highest BCUT2D eigenvalue weighted by Crippen LogP contribution is 2.13. The molecule has 0 aliphatic heterocycles. The zero-order valence-electron chi connectivity index (χ0n) is 8.82. The van der Waals surface area contributed by atoms with Gasteiger partial charge in [0.2, 0.25) is 0 Å². The Bertz CT molecular complexity index is 288. The Morgan fingerprint density at radius 1 is 1.50 bits per heavy atom. The maximum atomic E-state index is 11.5. The van der Waals surface area contributed by atoms with E-state index in [2.05, 4.69) is 21.1 Å². The molecule has 0 aliphatic rings. The Kier molecular flexibility index (Phi) is 3.77. The molecule has 0 spiro atoms. The van der Waals surface area contributed by atoms with Gasteiger partial charge in [-0.1, -0.05) is 11.8 Å². The van der Waals surface area contributed by atoms with Gasteiger partial charge in [0.05, 0.1) is 39.7 Å². The van der Waals surface area contributed by atoms with Crippen LogP contribution in [0.3, 0.4) is 0 Å². The first-order chi connectivity index (χ1) is 6.49. The molecule has 3 nitrogen and oxygen atoms in total. The molecule has 0 bridgehead atoms. The zero-order valence-corrected chi connectivity index (χ0v) is 9.63. The molecule has 0 aromatic carbocycles. The van der Waals surface area contributed by atoms with Crippen molar-refractivity contribution in [1.29, 1.82) is 0 Å². The van der Waals surface area contributed by atoms with Crippen LogP contribution in [0.4, 0.5) is 0 Å². The smallest absolute Gasteiger partial charge is 0.254 e. The van der Waals surface area contributed by atoms with Gasteiger partial charge in [0, 0.05) is 0 Å². The number of carbonyl (C=O) groups excluding carboxylic acids is 1. The maximum Gasteiger partial charge on any atom is 0.254 e. The third-order valence-electron chi connectivity index (χ3n) is 1.72. The van der Waals surface area contributed by atoms with E-state index in [0.717, 1.165) is 16.8 Å². The van der Waals surface area contributed by atoms with Crippen LogP contribution in [-0.2, 0) is 0 Å². The van der Waals surface area contributed by atoms with Crippen molar-refractivity contribution in [2.45, 2.75) is 0 Å². The summed E-state index contributed by atoms with van der Waals surface area (Å²) in [5, 5.41) is 0.0171. The lowest BCUT2D eigenvalue weighted by Gasteiger charge is -2.23. The summed E-state index contributed by atoms with van der Waals surface area (Å²) >= 11 is 1.31. The van der Waals surface area contributed by atoms with Crippen molar-refractivity contribution in [3.05, 3.63) is 24.2 Å². The molecule has 0 saturated carbocycles. The second-order valence-corrected chi connectivity index (χ2v) is 5.19. The number of carbonyl (C=O) groups is 1. The standard InChI is InChI=1S/C10H16NO2S/c1-11(2,3)6-8-14-10(12)9-5-4-7-13-9/h4-5,7H,6,8H2,1-3H3/q+1. The van der Waals surface area contributed by atoms with E-state index < -0.39 is 0 Å². The Hall–Kier alpha value is -0.740. The van der Waals surface area contributed by atoms with Gasteiger partial charge >= 0.3 is 0 Å². The van der Waals surface area contributed by atoms with E-state index in [1.807, 2.05) is 0 Å². The predicted molar refractivity (Wildman–Crippen MR) is 58.4 cm³/mol. The SMILES string of the molecule is C[N+](C)(C)CCSC(=O)c1ccco1. The van der Waals surface area contributed by atoms with Crippen molar-refractivity contribution in [1.82, 2.24) is 0 Å². The van der Waals surface area contributed by atoms with Crippen LogP contribution in [-0.4, -0.2) is 43.0 Å². The van der Waals surface area contributed by atoms with Gasteiger partial charge in [-0.25, -0.2) is 0 Å². The summed E-state index contributed by atoms with van der Waals surface area (Å²) in [6.45, 7) is 0.969. The first kappa shape index (κ1) is 11.3. The second-order valence-electron chi connectivity index (χ2n) is 4.13. The van der Waals surface area contributed by atoms with Crippen molar-refractivity contribution < 1.29 is 13.7 Å². The molecule has 0 unspecified atom stereocenters. The maximum absolute atomic E-state index is 11.5. The van der Waals surface area contributed by atoms with Gasteiger partial charge in [0.1, 0.15) is 0 Å². The lowest BCUT2D eigenvalue weighted by molar-refractivity contribution is -0.867. The zero-order chi connectivity index (χ0) is 10.6. The van der Waals surface area contributed by atoms with E-state index in [9.17, 15) is 4.79 Å². The summed E-state index contributed by atoms with van der Waals surface area (Å²) in [7, 11) is 6.33. The number of thioether (sulfide) groups is 1. The normalized spacial score (nSPS) is 11.6. The topological polar surface area (TPSA) is 30.2 Å². The predicted octanol–water partition coefficient (Wildman–Crippen LogP) is 1.86. The summed E-state index contributed by atoms with van der Waals surface area (Å²) < 4.78 is 5.88. The minimum absolute atomic E-state index is 0.0171. The Morgan fingerprint density at radius 3 is 2.71 bits per heavy atom. The van der Waals surface area contributed by atoms with Gasteiger partial charge < -0.3 is 8.90 Å². The van der Waals surface area contributed by atoms with Crippen LogP contribution in [0.5, 0.6) is 0 Å². The molecule has 1 heterocycles. The Labute approximate surface area is 88.7 Å². The van der Waals surface area contributed by atoms with Crippen molar-refractivity contribution in [3.8, 4) is 0 Å². The highest BCUT2D eigenvalue weighted by molar-refractivity contribution is 8.14. The van der Waals surface area contributed by atoms with Gasteiger partial charge in [-0.15, -0.1) is 0 Å². The molecular formula is C10H16NO2S+. The first-order valence-corrected chi connectivity index (χ1v) is 5.49. The molecule has 0 aliphatic carbocycles. The number of rotatable bonds is 4. The van der Waals surface area contributed by atoms with E-state index in [0.29, 0.717) is 5.76 Å². The van der Waals surface area contributed by atoms with Gasteiger partial charge in [0.15, 0.2) is 5.76 Å². The average molecular weight is 214 g/mol. The second kappa shape index (κ2) is 4.66. The quantitative estimate of drug-likeness (QED) is 0.717. The van der Waals surface area contributed by atoms with E-state index in [-0.39, 0.29) is 5.12 Å². The molecule has 1 rings (SSSR count). The lowest BCUT2D eigenvalue weighted by Crippen LogP contribution is -2.36. The fourth-order valence-electron chi connectivity index (χ4n) is 0.878. The van der Waals surface area contributed by atoms with Crippen LogP contribution in [0.1, 0.15) is 10.6 Å². The van der Waals surface area contributed by atoms with Gasteiger partial charge in [-0.2, -0.15) is 0 Å². The van der Waals surface area contributed by atoms with Crippen LogP contribution in [0, 0.1) is 0 Å². The molecule has 0 radical (unpaired) electrons. The van der Waals surface area contributed by atoms with E-state index in [1.54, 1.807) is 12.1 Å². The molecular weight excluding hydrogens is 198 g/mol. The molecule has 1 aromatic rings. The highest BCUT2D eigenvalue weighted by Gasteiger charge is 2.12. The summed E-state index contributed by atoms with van der Waals surface area (Å²) in [4.78, 5) is 11.5. The minimum Gasteiger partial charge on any atom is -0.460 e. The first-order valence-electron chi connectivity index (χ1n) is 4.50. The summed E-state index contributed by atoms with van der Waals surface area (Å²) in [6.07, 6.45) is 1.52. The van der Waals surface area contributed by atoms with Crippen molar-refractivity contribution in [2.75, 3.05) is 33.4 Å². The minimum atomic E-state index is 0.0171. The van der Waals surface area contributed by atoms with Crippen molar-refractivity contribution in [3.63, 3.8) is 0 Å². The number of quaternary nitrogens is 1. The molecule has 0 fully saturated rings. The summed E-state index contributed by atoms with van der Waals surface area (Å²) in [6, 6.07) is 3.43. The van der Waals surface area contributed by atoms with E-state index in [1.165, 1.54) is 18.0 Å². The van der Waals surface area contributed by atoms with Crippen LogP contribution < -0.4 is 0 Å². The lowest BCUT2D eigenvalue weighted by atomic mass is 10.5. The van der Waals surface area contributed by atoms with Gasteiger partial charge in [-0.05, 0) is 12.1 Å². The van der Waals surface area contributed by atoms with Crippen LogP contribution in [0.2, 0.25) is 0 Å². The van der Waals surface area contributed by atoms with E-state index >= 15 is 0 Å². The fraction of sp³-hybridized carbons (Fsp3) is 0.500. The summed E-state index contributed by atoms with van der Waals surface area (Å²) in [5.41, 5.74) is 0. The van der Waals surface area contributed by atoms with Gasteiger partial charge in [-0.3, -0.25) is 4.79 Å². The Morgan fingerprint density at radius 2 is 2.21 bits per heavy atom. The van der Waals surface area contributed by atoms with Crippen LogP contribution >= 0.6 is 11.8 Å². The largest absolute Gasteiger partial charge is 0.460 e. The molecule has 0 atom stereocenters. The van der Waals surface area contributed by atoms with Crippen LogP contribution in [0.25, 0.3) is 0 Å². The number of hydrogen-bond donors (Lipinski definition) is 0. The van der Waals surface area contributed by atoms with E-state index in [4.69, 9.17) is 4.42 Å². The third kappa shape index (κ3) is 3.98. The highest BCUT2D eigenvalue weighted by atomic mass is 32.2. The molecule has 78 valence electrons. The monoisotopic (exact) mass is 214 g/mol.